The Hall–Kier alpha value is -1.47. The summed E-state index contributed by atoms with van der Waals surface area (Å²) in [7, 11) is 0. The van der Waals surface area contributed by atoms with E-state index in [1.165, 1.54) is 16.2 Å². The summed E-state index contributed by atoms with van der Waals surface area (Å²) in [6, 6.07) is 0. The predicted molar refractivity (Wildman–Crippen MR) is 74.8 cm³/mol. The van der Waals surface area contributed by atoms with Gasteiger partial charge in [0.05, 0.1) is 11.6 Å². The average Bonchev–Trinajstić information content (AvgIpc) is 2.75. The van der Waals surface area contributed by atoms with Crippen LogP contribution < -0.4 is 11.5 Å². The van der Waals surface area contributed by atoms with Crippen LogP contribution >= 0.6 is 11.3 Å². The molecule has 6 nitrogen and oxygen atoms in total. The van der Waals surface area contributed by atoms with Gasteiger partial charge < -0.3 is 16.4 Å². The summed E-state index contributed by atoms with van der Waals surface area (Å²) in [6.07, 6.45) is 0.651. The summed E-state index contributed by atoms with van der Waals surface area (Å²) in [5.41, 5.74) is 11.0. The topological polar surface area (TPSA) is 102 Å². The first-order chi connectivity index (χ1) is 8.93. The standard InChI is InChI=1S/C12H20N4O2S/c1-8(2)5-16(6-10(14)17)12(18)9-7-19-11(15-9)3-4-13/h7-8H,3-6,13H2,1-2H3,(H2,14,17). The maximum absolute atomic E-state index is 12.3. The van der Waals surface area contributed by atoms with Gasteiger partial charge in [-0.3, -0.25) is 9.59 Å². The Bertz CT molecular complexity index is 445. The maximum atomic E-state index is 12.3. The number of hydrogen-bond acceptors (Lipinski definition) is 5. The van der Waals surface area contributed by atoms with E-state index in [1.54, 1.807) is 5.38 Å². The SMILES string of the molecule is CC(C)CN(CC(N)=O)C(=O)c1csc(CCN)n1. The minimum atomic E-state index is -0.522. The molecule has 1 aromatic rings. The quantitative estimate of drug-likeness (QED) is 0.748. The van der Waals surface area contributed by atoms with E-state index in [9.17, 15) is 9.59 Å². The summed E-state index contributed by atoms with van der Waals surface area (Å²) in [5.74, 6) is -0.524. The number of rotatable bonds is 7. The van der Waals surface area contributed by atoms with Gasteiger partial charge in [0.25, 0.3) is 5.91 Å². The van der Waals surface area contributed by atoms with Gasteiger partial charge in [0.1, 0.15) is 5.69 Å². The second-order valence-corrected chi connectivity index (χ2v) is 5.65. The van der Waals surface area contributed by atoms with Crippen LogP contribution in [0.15, 0.2) is 5.38 Å². The number of aromatic nitrogens is 1. The smallest absolute Gasteiger partial charge is 0.273 e. The van der Waals surface area contributed by atoms with Gasteiger partial charge >= 0.3 is 0 Å². The van der Waals surface area contributed by atoms with E-state index in [1.807, 2.05) is 13.8 Å². The number of hydrogen-bond donors (Lipinski definition) is 2. The van der Waals surface area contributed by atoms with Gasteiger partial charge in [-0.15, -0.1) is 11.3 Å². The molecule has 0 aliphatic heterocycles. The van der Waals surface area contributed by atoms with Gasteiger partial charge in [0, 0.05) is 18.3 Å². The molecule has 0 radical (unpaired) electrons. The van der Waals surface area contributed by atoms with E-state index in [0.29, 0.717) is 25.2 Å². The van der Waals surface area contributed by atoms with E-state index in [4.69, 9.17) is 11.5 Å². The van der Waals surface area contributed by atoms with E-state index in [2.05, 4.69) is 4.98 Å². The number of carbonyl (C=O) groups excluding carboxylic acids is 2. The number of primary amides is 1. The zero-order valence-electron chi connectivity index (χ0n) is 11.3. The number of thiazole rings is 1. The maximum Gasteiger partial charge on any atom is 0.273 e. The van der Waals surface area contributed by atoms with Crippen molar-refractivity contribution in [2.24, 2.45) is 17.4 Å². The Morgan fingerprint density at radius 3 is 2.68 bits per heavy atom. The molecule has 2 amide bonds. The largest absolute Gasteiger partial charge is 0.368 e. The van der Waals surface area contributed by atoms with Crippen LogP contribution in [-0.2, 0) is 11.2 Å². The highest BCUT2D eigenvalue weighted by Gasteiger charge is 2.21. The molecule has 1 heterocycles. The Morgan fingerprint density at radius 1 is 1.47 bits per heavy atom. The summed E-state index contributed by atoms with van der Waals surface area (Å²) in [6.45, 7) is 4.84. The first-order valence-corrected chi connectivity index (χ1v) is 7.04. The number of amides is 2. The summed E-state index contributed by atoms with van der Waals surface area (Å²) < 4.78 is 0. The molecule has 0 aliphatic rings. The highest BCUT2D eigenvalue weighted by Crippen LogP contribution is 2.13. The molecule has 0 bridgehead atoms. The molecule has 106 valence electrons. The lowest BCUT2D eigenvalue weighted by Gasteiger charge is -2.22. The Kier molecular flexibility index (Phi) is 5.91. The predicted octanol–water partition coefficient (Wildman–Crippen LogP) is 0.228. The molecule has 19 heavy (non-hydrogen) atoms. The van der Waals surface area contributed by atoms with Crippen molar-refractivity contribution in [1.29, 1.82) is 0 Å². The first-order valence-electron chi connectivity index (χ1n) is 6.16. The zero-order valence-corrected chi connectivity index (χ0v) is 12.1. The Balaban J connectivity index is 2.81. The Morgan fingerprint density at radius 2 is 2.16 bits per heavy atom. The van der Waals surface area contributed by atoms with E-state index in [0.717, 1.165) is 5.01 Å². The fourth-order valence-electron chi connectivity index (χ4n) is 1.66. The van der Waals surface area contributed by atoms with Crippen molar-refractivity contribution in [3.8, 4) is 0 Å². The van der Waals surface area contributed by atoms with Crippen LogP contribution in [0.5, 0.6) is 0 Å². The van der Waals surface area contributed by atoms with Crippen molar-refractivity contribution in [3.63, 3.8) is 0 Å². The molecule has 1 rings (SSSR count). The number of carbonyl (C=O) groups is 2. The van der Waals surface area contributed by atoms with Crippen molar-refractivity contribution in [2.45, 2.75) is 20.3 Å². The monoisotopic (exact) mass is 284 g/mol. The molecule has 1 aromatic heterocycles. The van der Waals surface area contributed by atoms with Crippen molar-refractivity contribution >= 4 is 23.2 Å². The van der Waals surface area contributed by atoms with Crippen molar-refractivity contribution in [2.75, 3.05) is 19.6 Å². The second kappa shape index (κ2) is 7.20. The van der Waals surface area contributed by atoms with Gasteiger partial charge in [-0.1, -0.05) is 13.8 Å². The molecule has 0 spiro atoms. The van der Waals surface area contributed by atoms with Crippen LogP contribution in [0.1, 0.15) is 29.3 Å². The van der Waals surface area contributed by atoms with Crippen LogP contribution in [0.25, 0.3) is 0 Å². The molecular formula is C12H20N4O2S. The van der Waals surface area contributed by atoms with Crippen LogP contribution in [0.4, 0.5) is 0 Å². The van der Waals surface area contributed by atoms with Crippen molar-refractivity contribution in [3.05, 3.63) is 16.1 Å². The fraction of sp³-hybridized carbons (Fsp3) is 0.583. The molecule has 0 unspecified atom stereocenters. The van der Waals surface area contributed by atoms with Gasteiger partial charge in [-0.2, -0.15) is 0 Å². The lowest BCUT2D eigenvalue weighted by molar-refractivity contribution is -0.118. The van der Waals surface area contributed by atoms with Crippen LogP contribution in [-0.4, -0.2) is 41.3 Å². The highest BCUT2D eigenvalue weighted by molar-refractivity contribution is 7.09. The molecule has 0 saturated carbocycles. The van der Waals surface area contributed by atoms with Crippen LogP contribution in [0, 0.1) is 5.92 Å². The molecule has 0 aromatic carbocycles. The first kappa shape index (κ1) is 15.6. The Labute approximate surface area is 116 Å². The molecule has 0 atom stereocenters. The van der Waals surface area contributed by atoms with E-state index < -0.39 is 5.91 Å². The molecule has 0 saturated heterocycles. The molecule has 0 fully saturated rings. The van der Waals surface area contributed by atoms with Crippen molar-refractivity contribution < 1.29 is 9.59 Å². The molecule has 0 aliphatic carbocycles. The molecular weight excluding hydrogens is 264 g/mol. The van der Waals surface area contributed by atoms with Crippen molar-refractivity contribution in [1.82, 2.24) is 9.88 Å². The molecule has 4 N–H and O–H groups in total. The van der Waals surface area contributed by atoms with Crippen LogP contribution in [0.2, 0.25) is 0 Å². The molecule has 7 heteroatoms. The van der Waals surface area contributed by atoms with Crippen LogP contribution in [0.3, 0.4) is 0 Å². The third-order valence-electron chi connectivity index (χ3n) is 2.35. The normalized spacial score (nSPS) is 10.7. The average molecular weight is 284 g/mol. The summed E-state index contributed by atoms with van der Waals surface area (Å²) in [4.78, 5) is 29.0. The van der Waals surface area contributed by atoms with E-state index >= 15 is 0 Å². The summed E-state index contributed by atoms with van der Waals surface area (Å²) in [5, 5.41) is 2.52. The second-order valence-electron chi connectivity index (χ2n) is 4.71. The minimum absolute atomic E-state index is 0.0826. The lowest BCUT2D eigenvalue weighted by atomic mass is 10.2. The van der Waals surface area contributed by atoms with Gasteiger partial charge in [0.15, 0.2) is 0 Å². The van der Waals surface area contributed by atoms with Gasteiger partial charge in [-0.25, -0.2) is 4.98 Å². The summed E-state index contributed by atoms with van der Waals surface area (Å²) >= 11 is 1.40. The lowest BCUT2D eigenvalue weighted by Crippen LogP contribution is -2.40. The number of nitrogens with zero attached hydrogens (tertiary/aromatic N) is 2. The third-order valence-corrected chi connectivity index (χ3v) is 3.26. The fourth-order valence-corrected chi connectivity index (χ4v) is 2.45. The van der Waals surface area contributed by atoms with E-state index in [-0.39, 0.29) is 18.4 Å². The zero-order chi connectivity index (χ0) is 14.4. The minimum Gasteiger partial charge on any atom is -0.368 e. The highest BCUT2D eigenvalue weighted by atomic mass is 32.1. The number of nitrogens with two attached hydrogens (primary N) is 2. The van der Waals surface area contributed by atoms with Gasteiger partial charge in [0.2, 0.25) is 5.91 Å². The van der Waals surface area contributed by atoms with Gasteiger partial charge in [-0.05, 0) is 12.5 Å². The third kappa shape index (κ3) is 4.96.